The lowest BCUT2D eigenvalue weighted by atomic mass is 10.2. The predicted octanol–water partition coefficient (Wildman–Crippen LogP) is 2.28. The Morgan fingerprint density at radius 1 is 1.35 bits per heavy atom. The SMILES string of the molecule is [C-]#[N+]c1ccc2ncc3[nH]c(Cn4ccc(NS(C)(=O)=O)n4)nc3c2c1. The molecule has 0 unspecified atom stereocenters. The van der Waals surface area contributed by atoms with E-state index >= 15 is 0 Å². The molecular weight excluding hydrogens is 354 g/mol. The monoisotopic (exact) mass is 367 g/mol. The molecule has 1 aromatic carbocycles. The molecule has 0 radical (unpaired) electrons. The maximum absolute atomic E-state index is 11.3. The van der Waals surface area contributed by atoms with Crippen LogP contribution in [0.5, 0.6) is 0 Å². The van der Waals surface area contributed by atoms with E-state index in [1.807, 2.05) is 0 Å². The third-order valence-electron chi connectivity index (χ3n) is 3.72. The molecule has 2 N–H and O–H groups in total. The number of aromatic nitrogens is 5. The third-order valence-corrected chi connectivity index (χ3v) is 4.30. The van der Waals surface area contributed by atoms with Gasteiger partial charge in [0.25, 0.3) is 0 Å². The first-order valence-corrected chi connectivity index (χ1v) is 9.46. The predicted molar refractivity (Wildman–Crippen MR) is 97.5 cm³/mol. The Morgan fingerprint density at radius 2 is 2.19 bits per heavy atom. The summed E-state index contributed by atoms with van der Waals surface area (Å²) in [5.74, 6) is 0.897. The van der Waals surface area contributed by atoms with Gasteiger partial charge in [-0.2, -0.15) is 5.10 Å². The van der Waals surface area contributed by atoms with E-state index in [1.165, 1.54) is 0 Å². The zero-order chi connectivity index (χ0) is 18.3. The molecule has 0 bridgehead atoms. The quantitative estimate of drug-likeness (QED) is 0.538. The van der Waals surface area contributed by atoms with Gasteiger partial charge in [0.1, 0.15) is 5.82 Å². The number of H-pyrrole nitrogens is 1. The van der Waals surface area contributed by atoms with Gasteiger partial charge in [-0.3, -0.25) is 14.4 Å². The maximum Gasteiger partial charge on any atom is 0.231 e. The van der Waals surface area contributed by atoms with Crippen LogP contribution in [-0.2, 0) is 16.6 Å². The molecule has 26 heavy (non-hydrogen) atoms. The summed E-state index contributed by atoms with van der Waals surface area (Å²) in [6, 6.07) is 6.86. The summed E-state index contributed by atoms with van der Waals surface area (Å²) in [6.07, 6.45) is 4.43. The zero-order valence-corrected chi connectivity index (χ0v) is 14.4. The Bertz CT molecular complexity index is 1280. The van der Waals surface area contributed by atoms with Gasteiger partial charge in [0.05, 0.1) is 42.1 Å². The molecular formula is C16H13N7O2S. The highest BCUT2D eigenvalue weighted by Gasteiger charge is 2.10. The van der Waals surface area contributed by atoms with Crippen molar-refractivity contribution in [3.05, 3.63) is 53.9 Å². The van der Waals surface area contributed by atoms with Gasteiger partial charge in [-0.15, -0.1) is 0 Å². The van der Waals surface area contributed by atoms with Crippen molar-refractivity contribution in [2.75, 3.05) is 11.0 Å². The first-order valence-electron chi connectivity index (χ1n) is 7.57. The summed E-state index contributed by atoms with van der Waals surface area (Å²) in [5, 5.41) is 4.97. The largest absolute Gasteiger partial charge is 0.339 e. The lowest BCUT2D eigenvalue weighted by molar-refractivity contribution is 0.606. The first-order chi connectivity index (χ1) is 12.4. The molecule has 0 saturated carbocycles. The van der Waals surface area contributed by atoms with Crippen molar-refractivity contribution in [1.82, 2.24) is 24.7 Å². The minimum atomic E-state index is -3.37. The average Bonchev–Trinajstić information content (AvgIpc) is 3.19. The van der Waals surface area contributed by atoms with Crippen molar-refractivity contribution in [2.24, 2.45) is 0 Å². The van der Waals surface area contributed by atoms with Gasteiger partial charge in [0.2, 0.25) is 10.0 Å². The second-order valence-corrected chi connectivity index (χ2v) is 7.54. The molecule has 0 saturated heterocycles. The molecule has 4 aromatic rings. The summed E-state index contributed by atoms with van der Waals surface area (Å²) in [4.78, 5) is 15.6. The van der Waals surface area contributed by atoms with Crippen LogP contribution in [0.25, 0.3) is 26.8 Å². The molecule has 0 amide bonds. The normalized spacial score (nSPS) is 11.7. The Hall–Kier alpha value is -3.45. The van der Waals surface area contributed by atoms with Crippen LogP contribution in [-0.4, -0.2) is 39.4 Å². The summed E-state index contributed by atoms with van der Waals surface area (Å²) in [6.45, 7) is 7.50. The van der Waals surface area contributed by atoms with Gasteiger partial charge in [0, 0.05) is 17.6 Å². The van der Waals surface area contributed by atoms with Crippen molar-refractivity contribution >= 4 is 43.5 Å². The number of hydrogen-bond donors (Lipinski definition) is 2. The van der Waals surface area contributed by atoms with E-state index < -0.39 is 10.0 Å². The second kappa shape index (κ2) is 5.82. The van der Waals surface area contributed by atoms with E-state index in [4.69, 9.17) is 6.57 Å². The Balaban J connectivity index is 1.70. The van der Waals surface area contributed by atoms with Crippen molar-refractivity contribution in [3.8, 4) is 0 Å². The molecule has 0 aliphatic heterocycles. The minimum Gasteiger partial charge on any atom is -0.339 e. The van der Waals surface area contributed by atoms with Gasteiger partial charge in [0.15, 0.2) is 11.5 Å². The van der Waals surface area contributed by atoms with Crippen LogP contribution >= 0.6 is 0 Å². The Labute approximate surface area is 148 Å². The molecule has 3 heterocycles. The third kappa shape index (κ3) is 3.07. The number of rotatable bonds is 4. The highest BCUT2D eigenvalue weighted by Crippen LogP contribution is 2.26. The standard InChI is InChI=1S/C16H13N7O2S/c1-17-10-3-4-12-11(7-10)16-13(8-18-12)19-15(20-16)9-23-6-5-14(21-23)22-26(2,24)25/h3-8H,9H2,2H3,(H,19,20)(H,21,22). The highest BCUT2D eigenvalue weighted by molar-refractivity contribution is 7.92. The summed E-state index contributed by atoms with van der Waals surface area (Å²) in [7, 11) is -3.37. The number of nitrogens with zero attached hydrogens (tertiary/aromatic N) is 5. The fourth-order valence-electron chi connectivity index (χ4n) is 2.69. The van der Waals surface area contributed by atoms with Crippen molar-refractivity contribution in [3.63, 3.8) is 0 Å². The number of fused-ring (bicyclic) bond motifs is 3. The number of hydrogen-bond acceptors (Lipinski definition) is 5. The lowest BCUT2D eigenvalue weighted by Crippen LogP contribution is -2.11. The van der Waals surface area contributed by atoms with Gasteiger partial charge in [-0.05, 0) is 12.1 Å². The summed E-state index contributed by atoms with van der Waals surface area (Å²) >= 11 is 0. The van der Waals surface area contributed by atoms with Crippen molar-refractivity contribution < 1.29 is 8.42 Å². The topological polar surface area (TPSA) is 110 Å². The van der Waals surface area contributed by atoms with E-state index in [-0.39, 0.29) is 5.82 Å². The number of sulfonamides is 1. The maximum atomic E-state index is 11.3. The zero-order valence-electron chi connectivity index (χ0n) is 13.6. The second-order valence-electron chi connectivity index (χ2n) is 5.79. The number of benzene rings is 1. The molecule has 0 fully saturated rings. The fraction of sp³-hybridized carbons (Fsp3) is 0.125. The number of pyridine rings is 1. The number of aromatic amines is 1. The number of anilines is 1. The van der Waals surface area contributed by atoms with Gasteiger partial charge < -0.3 is 4.98 Å². The van der Waals surface area contributed by atoms with E-state index in [0.717, 1.165) is 28.2 Å². The first kappa shape index (κ1) is 16.0. The fourth-order valence-corrected chi connectivity index (χ4v) is 3.18. The Kier molecular flexibility index (Phi) is 3.59. The van der Waals surface area contributed by atoms with Crippen LogP contribution in [0.3, 0.4) is 0 Å². The molecule has 9 nitrogen and oxygen atoms in total. The van der Waals surface area contributed by atoms with Gasteiger partial charge >= 0.3 is 0 Å². The molecule has 10 heteroatoms. The minimum absolute atomic E-state index is 0.248. The molecule has 4 rings (SSSR count). The van der Waals surface area contributed by atoms with E-state index in [2.05, 4.69) is 29.6 Å². The summed E-state index contributed by atoms with van der Waals surface area (Å²) < 4.78 is 26.4. The molecule has 0 atom stereocenters. The lowest BCUT2D eigenvalue weighted by Gasteiger charge is -1.99. The van der Waals surface area contributed by atoms with Crippen LogP contribution in [0.1, 0.15) is 5.82 Å². The van der Waals surface area contributed by atoms with E-state index in [9.17, 15) is 8.42 Å². The van der Waals surface area contributed by atoms with Crippen LogP contribution in [0, 0.1) is 6.57 Å². The van der Waals surface area contributed by atoms with E-state index in [1.54, 1.807) is 41.3 Å². The van der Waals surface area contributed by atoms with Gasteiger partial charge in [-0.1, -0.05) is 6.07 Å². The number of imidazole rings is 1. The molecule has 3 aromatic heterocycles. The van der Waals surface area contributed by atoms with Gasteiger partial charge in [-0.25, -0.2) is 18.2 Å². The van der Waals surface area contributed by atoms with Crippen LogP contribution < -0.4 is 4.72 Å². The van der Waals surface area contributed by atoms with Crippen LogP contribution in [0.2, 0.25) is 0 Å². The molecule has 130 valence electrons. The van der Waals surface area contributed by atoms with Crippen LogP contribution in [0.15, 0.2) is 36.7 Å². The smallest absolute Gasteiger partial charge is 0.231 e. The number of nitrogens with one attached hydrogen (secondary N) is 2. The van der Waals surface area contributed by atoms with Crippen molar-refractivity contribution in [2.45, 2.75) is 6.54 Å². The van der Waals surface area contributed by atoms with E-state index in [0.29, 0.717) is 18.1 Å². The highest BCUT2D eigenvalue weighted by atomic mass is 32.2. The average molecular weight is 367 g/mol. The molecule has 0 aliphatic carbocycles. The Morgan fingerprint density at radius 3 is 2.96 bits per heavy atom. The summed E-state index contributed by atoms with van der Waals surface area (Å²) in [5.41, 5.74) is 2.79. The molecule has 0 aliphatic rings. The van der Waals surface area contributed by atoms with Crippen LogP contribution in [0.4, 0.5) is 11.5 Å². The van der Waals surface area contributed by atoms with Crippen molar-refractivity contribution in [1.29, 1.82) is 0 Å². The molecule has 0 spiro atoms.